The first-order chi connectivity index (χ1) is 14.6. The molecule has 30 heavy (non-hydrogen) atoms. The fourth-order valence-corrected chi connectivity index (χ4v) is 3.55. The van der Waals surface area contributed by atoms with Crippen LogP contribution in [0, 0.1) is 6.92 Å². The average Bonchev–Trinajstić information content (AvgIpc) is 3.25. The van der Waals surface area contributed by atoms with Crippen LogP contribution in [0.15, 0.2) is 67.0 Å². The maximum Gasteiger partial charge on any atom is 0.238 e. The van der Waals surface area contributed by atoms with E-state index in [1.54, 1.807) is 7.11 Å². The van der Waals surface area contributed by atoms with Crippen LogP contribution in [-0.2, 0) is 4.79 Å². The van der Waals surface area contributed by atoms with E-state index in [9.17, 15) is 4.79 Å². The highest BCUT2D eigenvalue weighted by molar-refractivity contribution is 5.92. The highest BCUT2D eigenvalue weighted by atomic mass is 16.5. The summed E-state index contributed by atoms with van der Waals surface area (Å²) in [4.78, 5) is 14.5. The minimum Gasteiger partial charge on any atom is -0.497 e. The van der Waals surface area contributed by atoms with E-state index < -0.39 is 0 Å². The first kappa shape index (κ1) is 19.9. The van der Waals surface area contributed by atoms with E-state index in [0.29, 0.717) is 6.54 Å². The Morgan fingerprint density at radius 1 is 1.20 bits per heavy atom. The van der Waals surface area contributed by atoms with Crippen molar-refractivity contribution in [1.82, 2.24) is 14.7 Å². The van der Waals surface area contributed by atoms with Crippen molar-refractivity contribution in [2.45, 2.75) is 13.3 Å². The molecule has 1 aliphatic rings. The molecule has 0 unspecified atom stereocenters. The van der Waals surface area contributed by atoms with Gasteiger partial charge in [-0.05, 0) is 43.2 Å². The number of methoxy groups -OCH3 is 1. The lowest BCUT2D eigenvalue weighted by molar-refractivity contribution is -0.117. The molecule has 154 valence electrons. The largest absolute Gasteiger partial charge is 0.497 e. The Morgan fingerprint density at radius 2 is 2.03 bits per heavy atom. The number of amides is 1. The first-order valence-corrected chi connectivity index (χ1v) is 10.1. The van der Waals surface area contributed by atoms with Gasteiger partial charge < -0.3 is 10.1 Å². The Balaban J connectivity index is 1.34. The molecule has 0 fully saturated rings. The number of hydrogen-bond donors (Lipinski definition) is 1. The van der Waals surface area contributed by atoms with Crippen LogP contribution in [0.25, 0.3) is 11.3 Å². The number of ether oxygens (including phenoxy) is 1. The Labute approximate surface area is 176 Å². The summed E-state index contributed by atoms with van der Waals surface area (Å²) in [5.74, 6) is 0.705. The van der Waals surface area contributed by atoms with Gasteiger partial charge in [0, 0.05) is 36.6 Å². The molecule has 2 aromatic carbocycles. The number of hydrogen-bond acceptors (Lipinski definition) is 4. The summed E-state index contributed by atoms with van der Waals surface area (Å²) in [6.07, 6.45) is 7.07. The fourth-order valence-electron chi connectivity index (χ4n) is 3.55. The summed E-state index contributed by atoms with van der Waals surface area (Å²) < 4.78 is 7.11. The monoisotopic (exact) mass is 402 g/mol. The number of carbonyl (C=O) groups excluding carboxylic acids is 1. The number of rotatable bonds is 6. The van der Waals surface area contributed by atoms with E-state index in [0.717, 1.165) is 42.2 Å². The summed E-state index contributed by atoms with van der Waals surface area (Å²) in [6, 6.07) is 15.7. The Bertz CT molecular complexity index is 1050. The van der Waals surface area contributed by atoms with Crippen molar-refractivity contribution in [2.75, 3.05) is 32.1 Å². The van der Waals surface area contributed by atoms with Crippen LogP contribution in [0.3, 0.4) is 0 Å². The molecule has 0 radical (unpaired) electrons. The predicted molar refractivity (Wildman–Crippen MR) is 119 cm³/mol. The van der Waals surface area contributed by atoms with Crippen LogP contribution < -0.4 is 10.1 Å². The first-order valence-electron chi connectivity index (χ1n) is 10.1. The standard InChI is InChI=1S/C24H26N4O2/c1-18-6-8-22(9-7-18)28-16-20(15-25-28)19-10-12-27(13-11-19)17-24(29)26-21-4-3-5-23(14-21)30-2/h3-10,14-16H,11-13,17H2,1-2H3,(H,26,29). The second-order valence-electron chi connectivity index (χ2n) is 7.50. The number of nitrogens with one attached hydrogen (secondary N) is 1. The highest BCUT2D eigenvalue weighted by Crippen LogP contribution is 2.23. The lowest BCUT2D eigenvalue weighted by atomic mass is 10.0. The molecule has 6 heteroatoms. The van der Waals surface area contributed by atoms with Crippen LogP contribution in [0.2, 0.25) is 0 Å². The maximum absolute atomic E-state index is 12.4. The van der Waals surface area contributed by atoms with Gasteiger partial charge in [0.1, 0.15) is 5.75 Å². The zero-order valence-electron chi connectivity index (χ0n) is 17.3. The van der Waals surface area contributed by atoms with E-state index >= 15 is 0 Å². The number of carbonyl (C=O) groups is 1. The van der Waals surface area contributed by atoms with Gasteiger partial charge in [-0.2, -0.15) is 5.10 Å². The van der Waals surface area contributed by atoms with Gasteiger partial charge in [0.2, 0.25) is 5.91 Å². The third-order valence-electron chi connectivity index (χ3n) is 5.27. The summed E-state index contributed by atoms with van der Waals surface area (Å²) in [7, 11) is 1.61. The molecule has 0 bridgehead atoms. The molecule has 0 saturated carbocycles. The van der Waals surface area contributed by atoms with Crippen molar-refractivity contribution in [3.8, 4) is 11.4 Å². The molecular formula is C24H26N4O2. The van der Waals surface area contributed by atoms with Crippen LogP contribution >= 0.6 is 0 Å². The van der Waals surface area contributed by atoms with Crippen LogP contribution in [0.1, 0.15) is 17.5 Å². The Kier molecular flexibility index (Phi) is 5.95. The minimum atomic E-state index is -0.0210. The van der Waals surface area contributed by atoms with Gasteiger partial charge in [0.15, 0.2) is 0 Å². The van der Waals surface area contributed by atoms with Crippen molar-refractivity contribution < 1.29 is 9.53 Å². The molecule has 1 aromatic heterocycles. The van der Waals surface area contributed by atoms with Gasteiger partial charge in [0.25, 0.3) is 0 Å². The van der Waals surface area contributed by atoms with Crippen molar-refractivity contribution in [1.29, 1.82) is 0 Å². The Hall–Kier alpha value is -3.38. The smallest absolute Gasteiger partial charge is 0.238 e. The molecule has 6 nitrogen and oxygen atoms in total. The lowest BCUT2D eigenvalue weighted by Gasteiger charge is -2.25. The van der Waals surface area contributed by atoms with Gasteiger partial charge in [-0.25, -0.2) is 4.68 Å². The summed E-state index contributed by atoms with van der Waals surface area (Å²) in [6.45, 7) is 4.03. The second kappa shape index (κ2) is 8.97. The number of anilines is 1. The molecule has 0 aliphatic carbocycles. The van der Waals surface area contributed by atoms with E-state index in [2.05, 4.69) is 58.8 Å². The lowest BCUT2D eigenvalue weighted by Crippen LogP contribution is -2.36. The van der Waals surface area contributed by atoms with Crippen molar-refractivity contribution in [2.24, 2.45) is 0 Å². The third-order valence-corrected chi connectivity index (χ3v) is 5.27. The molecule has 1 N–H and O–H groups in total. The van der Waals surface area contributed by atoms with Gasteiger partial charge in [-0.15, -0.1) is 0 Å². The van der Waals surface area contributed by atoms with E-state index in [1.807, 2.05) is 35.1 Å². The Morgan fingerprint density at radius 3 is 2.77 bits per heavy atom. The topological polar surface area (TPSA) is 59.4 Å². The predicted octanol–water partition coefficient (Wildman–Crippen LogP) is 3.92. The molecule has 1 aliphatic heterocycles. The molecule has 0 saturated heterocycles. The number of nitrogens with zero attached hydrogens (tertiary/aromatic N) is 3. The zero-order chi connectivity index (χ0) is 20.9. The average molecular weight is 402 g/mol. The summed E-state index contributed by atoms with van der Waals surface area (Å²) in [5, 5.41) is 7.45. The molecule has 3 aromatic rings. The molecule has 4 rings (SSSR count). The zero-order valence-corrected chi connectivity index (χ0v) is 17.3. The molecule has 0 spiro atoms. The van der Waals surface area contributed by atoms with Crippen molar-refractivity contribution in [3.05, 3.63) is 78.1 Å². The second-order valence-corrected chi connectivity index (χ2v) is 7.50. The summed E-state index contributed by atoms with van der Waals surface area (Å²) in [5.41, 5.74) is 5.45. The maximum atomic E-state index is 12.4. The van der Waals surface area contributed by atoms with E-state index in [-0.39, 0.29) is 5.91 Å². The van der Waals surface area contributed by atoms with Gasteiger partial charge >= 0.3 is 0 Å². The van der Waals surface area contributed by atoms with E-state index in [4.69, 9.17) is 4.74 Å². The van der Waals surface area contributed by atoms with Crippen LogP contribution in [-0.4, -0.2) is 47.3 Å². The van der Waals surface area contributed by atoms with Crippen LogP contribution in [0.5, 0.6) is 5.75 Å². The third kappa shape index (κ3) is 4.78. The molecule has 0 atom stereocenters. The minimum absolute atomic E-state index is 0.0210. The van der Waals surface area contributed by atoms with Crippen molar-refractivity contribution >= 4 is 17.2 Å². The summed E-state index contributed by atoms with van der Waals surface area (Å²) >= 11 is 0. The van der Waals surface area contributed by atoms with E-state index in [1.165, 1.54) is 11.1 Å². The van der Waals surface area contributed by atoms with Gasteiger partial charge in [-0.1, -0.05) is 29.8 Å². The number of aryl methyl sites for hydroxylation is 1. The van der Waals surface area contributed by atoms with Gasteiger partial charge in [-0.3, -0.25) is 9.69 Å². The van der Waals surface area contributed by atoms with Crippen molar-refractivity contribution in [3.63, 3.8) is 0 Å². The van der Waals surface area contributed by atoms with Gasteiger partial charge in [0.05, 0.1) is 25.5 Å². The molecular weight excluding hydrogens is 376 g/mol. The quantitative estimate of drug-likeness (QED) is 0.679. The molecule has 2 heterocycles. The molecule has 1 amide bonds. The normalized spacial score (nSPS) is 14.3. The number of aromatic nitrogens is 2. The highest BCUT2D eigenvalue weighted by Gasteiger charge is 2.17. The number of benzene rings is 2. The fraction of sp³-hybridized carbons (Fsp3) is 0.250. The van der Waals surface area contributed by atoms with Crippen LogP contribution in [0.4, 0.5) is 5.69 Å². The SMILES string of the molecule is COc1cccc(NC(=O)CN2CC=C(c3cnn(-c4ccc(C)cc4)c3)CC2)c1.